The molecule has 0 spiro atoms. The second-order valence-electron chi connectivity index (χ2n) is 4.75. The predicted molar refractivity (Wildman–Crippen MR) is 84.6 cm³/mol. The van der Waals surface area contributed by atoms with Crippen molar-refractivity contribution in [1.29, 1.82) is 0 Å². The Morgan fingerprint density at radius 1 is 1.38 bits per heavy atom. The lowest BCUT2D eigenvalue weighted by Crippen LogP contribution is -2.11. The van der Waals surface area contributed by atoms with Crippen LogP contribution >= 0.6 is 11.6 Å². The molecule has 0 saturated carbocycles. The topological polar surface area (TPSA) is 95.9 Å². The minimum atomic E-state index is -0.734. The van der Waals surface area contributed by atoms with Crippen LogP contribution in [-0.4, -0.2) is 33.0 Å². The van der Waals surface area contributed by atoms with Crippen molar-refractivity contribution in [2.45, 2.75) is 0 Å². The molecule has 0 radical (unpaired) electrons. The van der Waals surface area contributed by atoms with Crippen LogP contribution in [0.25, 0.3) is 16.8 Å². The summed E-state index contributed by atoms with van der Waals surface area (Å²) >= 11 is 5.91. The Morgan fingerprint density at radius 2 is 2.17 bits per heavy atom. The molecule has 0 saturated heterocycles. The van der Waals surface area contributed by atoms with Gasteiger partial charge in [-0.1, -0.05) is 16.8 Å². The molecule has 1 amide bonds. The molecule has 0 aliphatic carbocycles. The summed E-state index contributed by atoms with van der Waals surface area (Å²) in [5.74, 6) is -1.06. The molecular formula is C15H11ClFN5O2. The van der Waals surface area contributed by atoms with Crippen molar-refractivity contribution in [1.82, 2.24) is 20.0 Å². The van der Waals surface area contributed by atoms with E-state index < -0.39 is 11.7 Å². The molecule has 0 aliphatic rings. The van der Waals surface area contributed by atoms with Gasteiger partial charge in [0.2, 0.25) is 5.88 Å². The Balaban J connectivity index is 2.23. The Morgan fingerprint density at radius 3 is 2.83 bits per heavy atom. The van der Waals surface area contributed by atoms with E-state index in [2.05, 4.69) is 15.3 Å². The molecule has 0 bridgehead atoms. The van der Waals surface area contributed by atoms with Crippen molar-refractivity contribution < 1.29 is 13.9 Å². The molecule has 3 aromatic rings. The minimum absolute atomic E-state index is 0.0383. The first-order valence-corrected chi connectivity index (χ1v) is 7.10. The molecule has 24 heavy (non-hydrogen) atoms. The zero-order valence-corrected chi connectivity index (χ0v) is 13.2. The fraction of sp³-hybridized carbons (Fsp3) is 0.0667. The molecule has 0 atom stereocenters. The number of aromatic nitrogens is 4. The fourth-order valence-electron chi connectivity index (χ4n) is 2.18. The van der Waals surface area contributed by atoms with Gasteiger partial charge in [0.05, 0.1) is 24.0 Å². The Bertz CT molecular complexity index is 928. The van der Waals surface area contributed by atoms with E-state index in [1.807, 2.05) is 0 Å². The molecule has 3 rings (SSSR count). The van der Waals surface area contributed by atoms with Gasteiger partial charge in [-0.2, -0.15) is 0 Å². The summed E-state index contributed by atoms with van der Waals surface area (Å²) in [5, 5.41) is 7.42. The van der Waals surface area contributed by atoms with Crippen molar-refractivity contribution in [2.75, 3.05) is 7.11 Å². The zero-order valence-electron chi connectivity index (χ0n) is 12.4. The highest BCUT2D eigenvalue weighted by Crippen LogP contribution is 2.34. The van der Waals surface area contributed by atoms with Gasteiger partial charge in [0.1, 0.15) is 0 Å². The number of carbonyl (C=O) groups excluding carboxylic acids is 1. The van der Waals surface area contributed by atoms with Crippen molar-refractivity contribution in [3.8, 4) is 22.7 Å². The summed E-state index contributed by atoms with van der Waals surface area (Å²) in [5.41, 5.74) is 6.12. The van der Waals surface area contributed by atoms with E-state index in [1.165, 1.54) is 30.3 Å². The molecule has 0 aliphatic heterocycles. The lowest BCUT2D eigenvalue weighted by atomic mass is 10.0. The monoisotopic (exact) mass is 347 g/mol. The lowest BCUT2D eigenvalue weighted by molar-refractivity contribution is 0.0995. The number of ether oxygens (including phenoxy) is 1. The molecule has 122 valence electrons. The maximum atomic E-state index is 14.7. The standard InChI is InChI=1S/C15H11ClFN5O2/c1-24-12-6-8(4-5-19-12)13-11(3-2-9(16)14(13)17)22-7-10(15(18)23)20-21-22/h2-7H,1H3,(H2,18,23). The van der Waals surface area contributed by atoms with E-state index in [4.69, 9.17) is 22.1 Å². The number of benzene rings is 1. The van der Waals surface area contributed by atoms with Crippen LogP contribution in [-0.2, 0) is 0 Å². The number of methoxy groups -OCH3 is 1. The van der Waals surface area contributed by atoms with E-state index in [0.717, 1.165) is 0 Å². The second kappa shape index (κ2) is 6.25. The van der Waals surface area contributed by atoms with Crippen LogP contribution in [0.15, 0.2) is 36.7 Å². The molecule has 1 aromatic carbocycles. The number of hydrogen-bond acceptors (Lipinski definition) is 5. The summed E-state index contributed by atoms with van der Waals surface area (Å²) in [6.45, 7) is 0. The average molecular weight is 348 g/mol. The van der Waals surface area contributed by atoms with Gasteiger partial charge < -0.3 is 10.5 Å². The molecule has 2 heterocycles. The van der Waals surface area contributed by atoms with Crippen LogP contribution in [0.3, 0.4) is 0 Å². The quantitative estimate of drug-likeness (QED) is 0.780. The highest BCUT2D eigenvalue weighted by molar-refractivity contribution is 6.31. The van der Waals surface area contributed by atoms with Gasteiger partial charge in [0, 0.05) is 17.8 Å². The van der Waals surface area contributed by atoms with E-state index >= 15 is 0 Å². The summed E-state index contributed by atoms with van der Waals surface area (Å²) < 4.78 is 21.0. The summed E-state index contributed by atoms with van der Waals surface area (Å²) in [6, 6.07) is 6.11. The molecular weight excluding hydrogens is 337 g/mol. The minimum Gasteiger partial charge on any atom is -0.481 e. The maximum absolute atomic E-state index is 14.7. The average Bonchev–Trinajstić information content (AvgIpc) is 3.07. The van der Waals surface area contributed by atoms with Gasteiger partial charge in [-0.05, 0) is 23.8 Å². The summed E-state index contributed by atoms with van der Waals surface area (Å²) in [4.78, 5) is 15.2. The molecule has 9 heteroatoms. The number of carbonyl (C=O) groups is 1. The predicted octanol–water partition coefficient (Wildman–Crippen LogP) is 2.23. The Kier molecular flexibility index (Phi) is 4.13. The van der Waals surface area contributed by atoms with Gasteiger partial charge in [0.15, 0.2) is 11.5 Å². The van der Waals surface area contributed by atoms with Crippen LogP contribution in [0.4, 0.5) is 4.39 Å². The van der Waals surface area contributed by atoms with Crippen LogP contribution < -0.4 is 10.5 Å². The number of halogens is 2. The number of rotatable bonds is 4. The highest BCUT2D eigenvalue weighted by Gasteiger charge is 2.18. The molecule has 2 aromatic heterocycles. The van der Waals surface area contributed by atoms with E-state index in [9.17, 15) is 9.18 Å². The number of hydrogen-bond donors (Lipinski definition) is 1. The smallest absolute Gasteiger partial charge is 0.270 e. The van der Waals surface area contributed by atoms with Gasteiger partial charge in [-0.25, -0.2) is 14.1 Å². The van der Waals surface area contributed by atoms with Crippen molar-refractivity contribution in [2.24, 2.45) is 5.73 Å². The van der Waals surface area contributed by atoms with Crippen molar-refractivity contribution in [3.05, 3.63) is 53.2 Å². The highest BCUT2D eigenvalue weighted by atomic mass is 35.5. The number of amides is 1. The van der Waals surface area contributed by atoms with Crippen LogP contribution in [0.5, 0.6) is 5.88 Å². The number of nitrogens with two attached hydrogens (primary N) is 1. The van der Waals surface area contributed by atoms with Crippen molar-refractivity contribution >= 4 is 17.5 Å². The zero-order chi connectivity index (χ0) is 17.3. The van der Waals surface area contributed by atoms with Crippen LogP contribution in [0, 0.1) is 5.82 Å². The summed E-state index contributed by atoms with van der Waals surface area (Å²) in [6.07, 6.45) is 2.79. The number of pyridine rings is 1. The maximum Gasteiger partial charge on any atom is 0.270 e. The third-order valence-electron chi connectivity index (χ3n) is 3.30. The first-order valence-electron chi connectivity index (χ1n) is 6.72. The van der Waals surface area contributed by atoms with Crippen LogP contribution in [0.1, 0.15) is 10.5 Å². The molecule has 0 fully saturated rings. The first-order chi connectivity index (χ1) is 11.5. The largest absolute Gasteiger partial charge is 0.481 e. The Labute approximate surface area is 140 Å². The molecule has 2 N–H and O–H groups in total. The summed E-state index contributed by atoms with van der Waals surface area (Å²) in [7, 11) is 1.46. The number of primary amides is 1. The van der Waals surface area contributed by atoms with Gasteiger partial charge >= 0.3 is 0 Å². The molecule has 7 nitrogen and oxygen atoms in total. The van der Waals surface area contributed by atoms with E-state index in [-0.39, 0.29) is 16.3 Å². The van der Waals surface area contributed by atoms with Gasteiger partial charge in [0.25, 0.3) is 5.91 Å². The van der Waals surface area contributed by atoms with Crippen LogP contribution in [0.2, 0.25) is 5.02 Å². The van der Waals surface area contributed by atoms with Gasteiger partial charge in [-0.3, -0.25) is 4.79 Å². The van der Waals surface area contributed by atoms with E-state index in [0.29, 0.717) is 17.1 Å². The van der Waals surface area contributed by atoms with E-state index in [1.54, 1.807) is 18.2 Å². The molecule has 0 unspecified atom stereocenters. The lowest BCUT2D eigenvalue weighted by Gasteiger charge is -2.12. The SMILES string of the molecule is COc1cc(-c2c(-n3cc(C(N)=O)nn3)ccc(Cl)c2F)ccn1. The fourth-order valence-corrected chi connectivity index (χ4v) is 2.33. The van der Waals surface area contributed by atoms with Crippen molar-refractivity contribution in [3.63, 3.8) is 0 Å². The van der Waals surface area contributed by atoms with Gasteiger partial charge in [-0.15, -0.1) is 5.10 Å². The Hall–Kier alpha value is -3.00. The normalized spacial score (nSPS) is 10.6. The third-order valence-corrected chi connectivity index (χ3v) is 3.59. The second-order valence-corrected chi connectivity index (χ2v) is 5.16. The third kappa shape index (κ3) is 2.79. The number of nitrogens with zero attached hydrogens (tertiary/aromatic N) is 4. The first kappa shape index (κ1) is 15.9.